The van der Waals surface area contributed by atoms with Gasteiger partial charge in [-0.3, -0.25) is 4.79 Å². The van der Waals surface area contributed by atoms with E-state index >= 15 is 0 Å². The summed E-state index contributed by atoms with van der Waals surface area (Å²) < 4.78 is 33.2. The average Bonchev–Trinajstić information content (AvgIpc) is 2.65. The maximum atomic E-state index is 12.2. The largest absolute Gasteiger partial charge is 0.465 e. The number of carbonyl (C=O) groups excluding carboxylic acids is 3. The van der Waals surface area contributed by atoms with E-state index in [0.29, 0.717) is 6.29 Å². The highest BCUT2D eigenvalue weighted by molar-refractivity contribution is 6.30. The second-order valence-electron chi connectivity index (χ2n) is 4.61. The molecule has 0 aromatic carbocycles. The van der Waals surface area contributed by atoms with Crippen LogP contribution in [0.5, 0.6) is 0 Å². The van der Waals surface area contributed by atoms with Crippen LogP contribution in [0.25, 0.3) is 0 Å². The highest BCUT2D eigenvalue weighted by atomic mass is 35.5. The number of nitrogens with zero attached hydrogens (tertiary/aromatic N) is 2. The Morgan fingerprint density at radius 3 is 1.89 bits per heavy atom. The van der Waals surface area contributed by atoms with E-state index in [1.165, 1.54) is 25.3 Å². The third kappa shape index (κ3) is 6.87. The van der Waals surface area contributed by atoms with Crippen molar-refractivity contribution in [3.63, 3.8) is 0 Å². The van der Waals surface area contributed by atoms with Gasteiger partial charge in [-0.15, -0.1) is 0 Å². The molecule has 144 valence electrons. The maximum absolute atomic E-state index is 12.2. The third-order valence-corrected chi connectivity index (χ3v) is 3.20. The average molecular weight is 421 g/mol. The van der Waals surface area contributed by atoms with Crippen molar-refractivity contribution < 1.29 is 32.6 Å². The number of carbonyl (C=O) groups is 3. The summed E-state index contributed by atoms with van der Waals surface area (Å²) in [6.45, 7) is 0. The Labute approximate surface area is 162 Å². The van der Waals surface area contributed by atoms with Gasteiger partial charge < -0.3 is 9.47 Å². The first-order chi connectivity index (χ1) is 12.7. The van der Waals surface area contributed by atoms with Crippen molar-refractivity contribution in [1.82, 2.24) is 9.97 Å². The van der Waals surface area contributed by atoms with E-state index < -0.39 is 24.1 Å². The molecule has 0 atom stereocenters. The molecule has 0 saturated carbocycles. The van der Waals surface area contributed by atoms with Crippen LogP contribution in [0.15, 0.2) is 24.3 Å². The van der Waals surface area contributed by atoms with Gasteiger partial charge in [0.05, 0.1) is 25.3 Å². The lowest BCUT2D eigenvalue weighted by Gasteiger charge is -2.03. The van der Waals surface area contributed by atoms with Gasteiger partial charge in [-0.1, -0.05) is 23.2 Å². The van der Waals surface area contributed by atoms with Crippen LogP contribution >= 0.6 is 23.2 Å². The zero-order valence-corrected chi connectivity index (χ0v) is 15.4. The zero-order chi connectivity index (χ0) is 20.6. The molecule has 2 aromatic heterocycles. The molecular formula is C16H12Cl2F2N2O5. The Balaban J connectivity index is 0.000000271. The molecule has 2 rings (SSSR count). The van der Waals surface area contributed by atoms with E-state index in [1.54, 1.807) is 0 Å². The topological polar surface area (TPSA) is 95.5 Å². The predicted molar refractivity (Wildman–Crippen MR) is 91.5 cm³/mol. The summed E-state index contributed by atoms with van der Waals surface area (Å²) in [5.41, 5.74) is -0.266. The quantitative estimate of drug-likeness (QED) is 0.421. The fraction of sp³-hybridized carbons (Fsp3) is 0.188. The van der Waals surface area contributed by atoms with Gasteiger partial charge in [0.25, 0.3) is 6.43 Å². The number of hydrogen-bond acceptors (Lipinski definition) is 7. The van der Waals surface area contributed by atoms with Crippen molar-refractivity contribution in [3.05, 3.63) is 57.1 Å². The van der Waals surface area contributed by atoms with Crippen LogP contribution in [-0.2, 0) is 9.47 Å². The fourth-order valence-electron chi connectivity index (χ4n) is 1.68. The Hall–Kier alpha value is -2.65. The standard InChI is InChI=1S/C8H6ClF2NO2.C8H6ClNO3/c1-14-8(13)4-2-5(7(10)11)12-6(9)3-4;1-13-8(12)5-2-6(4-11)10-7(9)3-5/h2-3,7H,1H3;2-4H,1H3. The van der Waals surface area contributed by atoms with Gasteiger partial charge in [-0.25, -0.2) is 28.3 Å². The molecule has 7 nitrogen and oxygen atoms in total. The Morgan fingerprint density at radius 1 is 0.963 bits per heavy atom. The van der Waals surface area contributed by atoms with Crippen LogP contribution in [0.4, 0.5) is 8.78 Å². The van der Waals surface area contributed by atoms with Crippen LogP contribution in [0.2, 0.25) is 10.3 Å². The summed E-state index contributed by atoms with van der Waals surface area (Å²) in [4.78, 5) is 39.4. The molecule has 0 aliphatic rings. The zero-order valence-electron chi connectivity index (χ0n) is 13.9. The molecule has 0 bridgehead atoms. The minimum absolute atomic E-state index is 0.0391. The molecular weight excluding hydrogens is 409 g/mol. The van der Waals surface area contributed by atoms with E-state index in [-0.39, 0.29) is 27.1 Å². The molecule has 0 N–H and O–H groups in total. The maximum Gasteiger partial charge on any atom is 0.338 e. The Bertz CT molecular complexity index is 850. The number of alkyl halides is 2. The van der Waals surface area contributed by atoms with E-state index in [2.05, 4.69) is 19.4 Å². The minimum atomic E-state index is -2.77. The van der Waals surface area contributed by atoms with Crippen LogP contribution in [0.3, 0.4) is 0 Å². The van der Waals surface area contributed by atoms with E-state index in [0.717, 1.165) is 13.2 Å². The number of hydrogen-bond donors (Lipinski definition) is 0. The third-order valence-electron chi connectivity index (χ3n) is 2.81. The van der Waals surface area contributed by atoms with Crippen LogP contribution in [0.1, 0.15) is 43.3 Å². The van der Waals surface area contributed by atoms with Gasteiger partial charge >= 0.3 is 11.9 Å². The van der Waals surface area contributed by atoms with Crippen molar-refractivity contribution in [2.45, 2.75) is 6.43 Å². The molecule has 11 heteroatoms. The molecule has 0 amide bonds. The molecule has 27 heavy (non-hydrogen) atoms. The molecule has 2 heterocycles. The molecule has 0 aliphatic carbocycles. The van der Waals surface area contributed by atoms with Crippen molar-refractivity contribution in [1.29, 1.82) is 0 Å². The molecule has 0 spiro atoms. The SMILES string of the molecule is COC(=O)c1cc(Cl)nc(C(F)F)c1.COC(=O)c1cc(Cl)nc(C=O)c1. The normalized spacial score (nSPS) is 9.89. The first-order valence-corrected chi connectivity index (χ1v) is 7.72. The summed E-state index contributed by atoms with van der Waals surface area (Å²) in [6.07, 6.45) is -2.25. The number of methoxy groups -OCH3 is 2. The number of aromatic nitrogens is 2. The monoisotopic (exact) mass is 420 g/mol. The summed E-state index contributed by atoms with van der Waals surface area (Å²) >= 11 is 11.0. The Morgan fingerprint density at radius 2 is 1.44 bits per heavy atom. The molecule has 0 unspecified atom stereocenters. The second kappa shape index (κ2) is 10.5. The molecule has 0 fully saturated rings. The van der Waals surface area contributed by atoms with Gasteiger partial charge in [0.2, 0.25) is 0 Å². The van der Waals surface area contributed by atoms with Crippen molar-refractivity contribution in [2.75, 3.05) is 14.2 Å². The first kappa shape index (κ1) is 22.4. The number of esters is 2. The summed E-state index contributed by atoms with van der Waals surface area (Å²) in [5.74, 6) is -1.27. The highest BCUT2D eigenvalue weighted by Gasteiger charge is 2.15. The summed E-state index contributed by atoms with van der Waals surface area (Å²) in [6, 6.07) is 4.76. The minimum Gasteiger partial charge on any atom is -0.465 e. The lowest BCUT2D eigenvalue weighted by molar-refractivity contribution is 0.0591. The number of pyridine rings is 2. The predicted octanol–water partition coefficient (Wildman–Crippen LogP) is 3.79. The Kier molecular flexibility index (Phi) is 8.70. The van der Waals surface area contributed by atoms with Gasteiger partial charge in [0.15, 0.2) is 6.29 Å². The molecule has 0 radical (unpaired) electrons. The van der Waals surface area contributed by atoms with Crippen molar-refractivity contribution >= 4 is 41.4 Å². The van der Waals surface area contributed by atoms with Crippen molar-refractivity contribution in [2.24, 2.45) is 0 Å². The smallest absolute Gasteiger partial charge is 0.338 e. The number of halogens is 4. The fourth-order valence-corrected chi connectivity index (χ4v) is 2.11. The number of ether oxygens (including phenoxy) is 2. The molecule has 0 saturated heterocycles. The molecule has 0 aliphatic heterocycles. The van der Waals surface area contributed by atoms with Gasteiger partial charge in [0, 0.05) is 0 Å². The second-order valence-corrected chi connectivity index (χ2v) is 5.38. The van der Waals surface area contributed by atoms with Crippen molar-refractivity contribution in [3.8, 4) is 0 Å². The van der Waals surface area contributed by atoms with E-state index in [9.17, 15) is 23.2 Å². The highest BCUT2D eigenvalue weighted by Crippen LogP contribution is 2.20. The van der Waals surface area contributed by atoms with Gasteiger partial charge in [-0.2, -0.15) is 0 Å². The van der Waals surface area contributed by atoms with Crippen LogP contribution < -0.4 is 0 Å². The lowest BCUT2D eigenvalue weighted by atomic mass is 10.2. The number of aldehydes is 1. The lowest BCUT2D eigenvalue weighted by Crippen LogP contribution is -2.03. The summed E-state index contributed by atoms with van der Waals surface area (Å²) in [7, 11) is 2.40. The van der Waals surface area contributed by atoms with Gasteiger partial charge in [-0.05, 0) is 24.3 Å². The van der Waals surface area contributed by atoms with E-state index in [4.69, 9.17) is 23.2 Å². The first-order valence-electron chi connectivity index (χ1n) is 6.96. The van der Waals surface area contributed by atoms with Gasteiger partial charge in [0.1, 0.15) is 21.7 Å². The van der Waals surface area contributed by atoms with Crippen LogP contribution in [0, 0.1) is 0 Å². The van der Waals surface area contributed by atoms with E-state index in [1.807, 2.05) is 0 Å². The molecule has 2 aromatic rings. The summed E-state index contributed by atoms with van der Waals surface area (Å²) in [5, 5.41) is -0.0757. The van der Waals surface area contributed by atoms with Crippen LogP contribution in [-0.4, -0.2) is 42.4 Å². The number of rotatable bonds is 4.